The molecule has 0 spiro atoms. The molecule has 6 heteroatoms. The van der Waals surface area contributed by atoms with E-state index in [9.17, 15) is 4.79 Å². The summed E-state index contributed by atoms with van der Waals surface area (Å²) >= 11 is 0. The number of aromatic nitrogens is 3. The number of hydrogen-bond donors (Lipinski definition) is 1. The van der Waals surface area contributed by atoms with Crippen molar-refractivity contribution in [1.82, 2.24) is 15.0 Å². The Kier molecular flexibility index (Phi) is 4.08. The summed E-state index contributed by atoms with van der Waals surface area (Å²) in [5, 5.41) is 7.60. The second kappa shape index (κ2) is 5.77. The summed E-state index contributed by atoms with van der Waals surface area (Å²) in [6.07, 6.45) is 6.52. The van der Waals surface area contributed by atoms with E-state index >= 15 is 0 Å². The first-order chi connectivity index (χ1) is 8.28. The van der Waals surface area contributed by atoms with Crippen LogP contribution in [0.1, 0.15) is 31.4 Å². The predicted molar refractivity (Wildman–Crippen MR) is 60.8 cm³/mol. The van der Waals surface area contributed by atoms with Crippen LogP contribution in [0.4, 0.5) is 0 Å². The molecule has 0 aliphatic heterocycles. The van der Waals surface area contributed by atoms with E-state index < -0.39 is 0 Å². The van der Waals surface area contributed by atoms with Gasteiger partial charge in [0.05, 0.1) is 18.5 Å². The minimum absolute atomic E-state index is 0.111. The Morgan fingerprint density at radius 2 is 2.29 bits per heavy atom. The van der Waals surface area contributed by atoms with E-state index in [1.807, 2.05) is 0 Å². The molecule has 1 fully saturated rings. The highest BCUT2D eigenvalue weighted by Crippen LogP contribution is 2.24. The van der Waals surface area contributed by atoms with E-state index in [1.165, 1.54) is 30.4 Å². The molecule has 0 atom stereocenters. The van der Waals surface area contributed by atoms with Gasteiger partial charge >= 0.3 is 5.97 Å². The zero-order chi connectivity index (χ0) is 12.1. The third-order valence-electron chi connectivity index (χ3n) is 3.04. The molecule has 0 unspecified atom stereocenters. The number of rotatable bonds is 5. The number of carbonyl (C=O) groups is 1. The van der Waals surface area contributed by atoms with E-state index in [-0.39, 0.29) is 12.5 Å². The smallest absolute Gasteiger partial charge is 0.327 e. The van der Waals surface area contributed by atoms with Crippen LogP contribution in [-0.4, -0.2) is 27.6 Å². The highest BCUT2D eigenvalue weighted by Gasteiger charge is 2.17. The van der Waals surface area contributed by atoms with E-state index in [0.29, 0.717) is 24.8 Å². The van der Waals surface area contributed by atoms with Gasteiger partial charge in [-0.05, 0) is 18.8 Å². The predicted octanol–water partition coefficient (Wildman–Crippen LogP) is 0.470. The number of nitrogens with two attached hydrogens (primary N) is 1. The minimum atomic E-state index is -0.259. The lowest BCUT2D eigenvalue weighted by Gasteiger charge is -2.09. The summed E-state index contributed by atoms with van der Waals surface area (Å²) in [5.41, 5.74) is 6.08. The zero-order valence-electron chi connectivity index (χ0n) is 9.84. The van der Waals surface area contributed by atoms with Crippen LogP contribution in [0.25, 0.3) is 0 Å². The molecule has 2 N–H and O–H groups in total. The Bertz CT molecular complexity index is 371. The molecule has 94 valence electrons. The van der Waals surface area contributed by atoms with Crippen molar-refractivity contribution in [2.24, 2.45) is 11.7 Å². The van der Waals surface area contributed by atoms with E-state index in [0.717, 1.165) is 0 Å². The van der Waals surface area contributed by atoms with Gasteiger partial charge in [-0.25, -0.2) is 4.68 Å². The molecule has 0 aromatic carbocycles. The van der Waals surface area contributed by atoms with Gasteiger partial charge < -0.3 is 10.5 Å². The summed E-state index contributed by atoms with van der Waals surface area (Å²) in [6, 6.07) is 0. The Hall–Kier alpha value is -1.43. The molecule has 1 aliphatic carbocycles. The number of ether oxygens (including phenoxy) is 1. The normalized spacial score (nSPS) is 16.3. The van der Waals surface area contributed by atoms with Crippen LogP contribution in [-0.2, 0) is 22.6 Å². The van der Waals surface area contributed by atoms with Gasteiger partial charge in [-0.15, -0.1) is 5.10 Å². The lowest BCUT2D eigenvalue weighted by Crippen LogP contribution is -2.17. The molecular weight excluding hydrogens is 220 g/mol. The summed E-state index contributed by atoms with van der Waals surface area (Å²) in [7, 11) is 0. The third kappa shape index (κ3) is 3.52. The fourth-order valence-electron chi connectivity index (χ4n) is 2.08. The Morgan fingerprint density at radius 1 is 1.53 bits per heavy atom. The molecule has 1 saturated carbocycles. The second-order valence-corrected chi connectivity index (χ2v) is 4.45. The van der Waals surface area contributed by atoms with Crippen molar-refractivity contribution in [3.63, 3.8) is 0 Å². The molecule has 1 aromatic rings. The van der Waals surface area contributed by atoms with Gasteiger partial charge in [0.25, 0.3) is 0 Å². The summed E-state index contributed by atoms with van der Waals surface area (Å²) in [4.78, 5) is 11.5. The first-order valence-corrected chi connectivity index (χ1v) is 6.02. The fourth-order valence-corrected chi connectivity index (χ4v) is 2.08. The quantitative estimate of drug-likeness (QED) is 0.754. The SMILES string of the molecule is NCc1cn(CC(=O)OCC2CCCC2)nn1. The highest BCUT2D eigenvalue weighted by atomic mass is 16.5. The maximum absolute atomic E-state index is 11.5. The van der Waals surface area contributed by atoms with Crippen molar-refractivity contribution in [2.45, 2.75) is 38.8 Å². The lowest BCUT2D eigenvalue weighted by atomic mass is 10.1. The second-order valence-electron chi connectivity index (χ2n) is 4.45. The maximum atomic E-state index is 11.5. The van der Waals surface area contributed by atoms with Crippen LogP contribution in [0.15, 0.2) is 6.20 Å². The van der Waals surface area contributed by atoms with Crippen LogP contribution in [0.3, 0.4) is 0 Å². The average molecular weight is 238 g/mol. The van der Waals surface area contributed by atoms with Gasteiger partial charge in [0, 0.05) is 6.54 Å². The van der Waals surface area contributed by atoms with Gasteiger partial charge in [-0.1, -0.05) is 18.1 Å². The average Bonchev–Trinajstić information content (AvgIpc) is 2.97. The number of nitrogens with zero attached hydrogens (tertiary/aromatic N) is 3. The van der Waals surface area contributed by atoms with Gasteiger partial charge in [0.2, 0.25) is 0 Å². The lowest BCUT2D eigenvalue weighted by molar-refractivity contribution is -0.145. The van der Waals surface area contributed by atoms with Crippen molar-refractivity contribution >= 4 is 5.97 Å². The van der Waals surface area contributed by atoms with Gasteiger partial charge in [-0.2, -0.15) is 0 Å². The summed E-state index contributed by atoms with van der Waals surface area (Å²) < 4.78 is 6.67. The molecule has 0 saturated heterocycles. The van der Waals surface area contributed by atoms with Crippen LogP contribution >= 0.6 is 0 Å². The fraction of sp³-hybridized carbons (Fsp3) is 0.727. The molecule has 1 aromatic heterocycles. The summed E-state index contributed by atoms with van der Waals surface area (Å²) in [6.45, 7) is 0.980. The van der Waals surface area contributed by atoms with Crippen molar-refractivity contribution in [2.75, 3.05) is 6.61 Å². The van der Waals surface area contributed by atoms with E-state index in [4.69, 9.17) is 10.5 Å². The van der Waals surface area contributed by atoms with E-state index in [2.05, 4.69) is 10.3 Å². The van der Waals surface area contributed by atoms with Crippen LogP contribution in [0.2, 0.25) is 0 Å². The molecule has 0 amide bonds. The molecule has 6 nitrogen and oxygen atoms in total. The van der Waals surface area contributed by atoms with Gasteiger partial charge in [0.1, 0.15) is 6.54 Å². The van der Waals surface area contributed by atoms with Crippen molar-refractivity contribution in [3.05, 3.63) is 11.9 Å². The van der Waals surface area contributed by atoms with Gasteiger partial charge in [0.15, 0.2) is 0 Å². The Labute approximate surface area is 100 Å². The number of hydrogen-bond acceptors (Lipinski definition) is 5. The Balaban J connectivity index is 1.72. The van der Waals surface area contributed by atoms with Crippen LogP contribution < -0.4 is 5.73 Å². The summed E-state index contributed by atoms with van der Waals surface area (Å²) in [5.74, 6) is 0.291. The van der Waals surface area contributed by atoms with Crippen molar-refractivity contribution < 1.29 is 9.53 Å². The monoisotopic (exact) mass is 238 g/mol. The zero-order valence-corrected chi connectivity index (χ0v) is 9.84. The Morgan fingerprint density at radius 3 is 2.94 bits per heavy atom. The highest BCUT2D eigenvalue weighted by molar-refractivity contribution is 5.69. The van der Waals surface area contributed by atoms with Crippen molar-refractivity contribution in [3.8, 4) is 0 Å². The molecule has 0 bridgehead atoms. The molecule has 1 aliphatic rings. The topological polar surface area (TPSA) is 83.0 Å². The first kappa shape index (κ1) is 12.0. The molecular formula is C11H18N4O2. The van der Waals surface area contributed by atoms with Crippen LogP contribution in [0, 0.1) is 5.92 Å². The van der Waals surface area contributed by atoms with Gasteiger partial charge in [-0.3, -0.25) is 4.79 Å². The molecule has 17 heavy (non-hydrogen) atoms. The maximum Gasteiger partial charge on any atom is 0.327 e. The third-order valence-corrected chi connectivity index (χ3v) is 3.04. The largest absolute Gasteiger partial charge is 0.464 e. The molecule has 2 rings (SSSR count). The van der Waals surface area contributed by atoms with Crippen LogP contribution in [0.5, 0.6) is 0 Å². The first-order valence-electron chi connectivity index (χ1n) is 6.02. The minimum Gasteiger partial charge on any atom is -0.464 e. The standard InChI is InChI=1S/C11H18N4O2/c12-5-10-6-15(14-13-10)7-11(16)17-8-9-3-1-2-4-9/h6,9H,1-5,7-8,12H2. The molecule has 1 heterocycles. The van der Waals surface area contributed by atoms with E-state index in [1.54, 1.807) is 6.20 Å². The number of carbonyl (C=O) groups excluding carboxylic acids is 1. The van der Waals surface area contributed by atoms with Crippen molar-refractivity contribution in [1.29, 1.82) is 0 Å². The molecule has 0 radical (unpaired) electrons. The number of esters is 1.